The van der Waals surface area contributed by atoms with Gasteiger partial charge in [-0.15, -0.1) is 24.9 Å². The zero-order valence-electron chi connectivity index (χ0n) is 32.0. The van der Waals surface area contributed by atoms with Crippen LogP contribution < -0.4 is 21.3 Å². The van der Waals surface area contributed by atoms with Gasteiger partial charge >= 0.3 is 0 Å². The summed E-state index contributed by atoms with van der Waals surface area (Å²) in [4.78, 5) is 76.4. The minimum Gasteiger partial charge on any atom is -0.366 e. The summed E-state index contributed by atoms with van der Waals surface area (Å²) in [5.41, 5.74) is -1.62. The van der Waals surface area contributed by atoms with Gasteiger partial charge in [-0.25, -0.2) is 0 Å². The van der Waals surface area contributed by atoms with E-state index in [1.54, 1.807) is 53.7 Å². The Morgan fingerprint density at radius 1 is 0.824 bits per heavy atom. The summed E-state index contributed by atoms with van der Waals surface area (Å²) in [7, 11) is 0. The third-order valence-corrected chi connectivity index (χ3v) is 10.6. The summed E-state index contributed by atoms with van der Waals surface area (Å²) < 4.78 is 12.4. The zero-order chi connectivity index (χ0) is 38.4. The van der Waals surface area contributed by atoms with Crippen molar-refractivity contribution in [2.45, 2.75) is 148 Å². The number of piperidine rings is 1. The molecule has 0 radical (unpaired) electrons. The summed E-state index contributed by atoms with van der Waals surface area (Å²) in [5.74, 6) is -2.41. The maximum absolute atomic E-state index is 14.4. The standard InChI is InChI=1S/C37H60N6O7S/c1-13-36(9,10)49-22(7)28-32(46)41-27(21(5)6)31(45)38-24-16-15-17-43(35(24)48)29(23(8)50-37(11,12)14-2)33(47)39-25(18-20(3)4)34-40-26(19-51-34)30(44)42-28/h13-14,20-29H,1-2,15-19H2,3-12H3,(H,38,45)(H,39,47)(H,41,46)(H,42,44). The largest absolute Gasteiger partial charge is 0.366 e. The van der Waals surface area contributed by atoms with E-state index >= 15 is 0 Å². The molecule has 14 heteroatoms. The number of carbonyl (C=O) groups excluding carboxylic acids is 5. The van der Waals surface area contributed by atoms with E-state index in [1.165, 1.54) is 16.7 Å². The monoisotopic (exact) mass is 732 g/mol. The predicted molar refractivity (Wildman–Crippen MR) is 200 cm³/mol. The second-order valence-electron chi connectivity index (χ2n) is 15.6. The van der Waals surface area contributed by atoms with Crippen LogP contribution >= 0.6 is 11.8 Å². The van der Waals surface area contributed by atoms with E-state index in [4.69, 9.17) is 14.5 Å². The average molecular weight is 733 g/mol. The molecule has 4 N–H and O–H groups in total. The summed E-state index contributed by atoms with van der Waals surface area (Å²) in [6, 6.07) is -5.60. The Labute approximate surface area is 307 Å². The van der Waals surface area contributed by atoms with Gasteiger partial charge in [0.1, 0.15) is 30.2 Å². The summed E-state index contributed by atoms with van der Waals surface area (Å²) in [6.07, 6.45) is 3.07. The molecular formula is C37H60N6O7S. The Bertz CT molecular complexity index is 1360. The lowest BCUT2D eigenvalue weighted by atomic mass is 9.97. The van der Waals surface area contributed by atoms with Crippen molar-refractivity contribution >= 4 is 46.3 Å². The third-order valence-electron chi connectivity index (χ3n) is 9.39. The van der Waals surface area contributed by atoms with Crippen LogP contribution in [0.1, 0.15) is 88.5 Å². The smallest absolute Gasteiger partial charge is 0.246 e. The van der Waals surface area contributed by atoms with Crippen LogP contribution in [0.2, 0.25) is 0 Å². The fourth-order valence-corrected chi connectivity index (χ4v) is 7.57. The highest BCUT2D eigenvalue weighted by Gasteiger charge is 2.44. The molecule has 3 heterocycles. The number of ether oxygens (including phenoxy) is 2. The lowest BCUT2D eigenvalue weighted by Crippen LogP contribution is -2.65. The molecule has 3 aliphatic heterocycles. The van der Waals surface area contributed by atoms with E-state index in [1.807, 2.05) is 27.7 Å². The fourth-order valence-electron chi connectivity index (χ4n) is 6.46. The molecule has 3 aliphatic rings. The molecule has 8 unspecified atom stereocenters. The second-order valence-corrected chi connectivity index (χ2v) is 16.7. The van der Waals surface area contributed by atoms with Crippen molar-refractivity contribution in [3.8, 4) is 0 Å². The average Bonchev–Trinajstić information content (AvgIpc) is 3.53. The molecule has 3 rings (SSSR count). The number of nitrogens with zero attached hydrogens (tertiary/aromatic N) is 2. The van der Waals surface area contributed by atoms with Gasteiger partial charge in [-0.1, -0.05) is 39.8 Å². The molecule has 5 amide bonds. The van der Waals surface area contributed by atoms with Crippen molar-refractivity contribution in [3.05, 3.63) is 25.3 Å². The summed E-state index contributed by atoms with van der Waals surface area (Å²) >= 11 is 1.37. The Hall–Kier alpha value is -3.23. The van der Waals surface area contributed by atoms with Gasteiger partial charge in [0.05, 0.1) is 34.5 Å². The molecule has 0 aromatic carbocycles. The van der Waals surface area contributed by atoms with E-state index in [0.29, 0.717) is 30.1 Å². The highest BCUT2D eigenvalue weighted by Crippen LogP contribution is 2.27. The van der Waals surface area contributed by atoms with Crippen molar-refractivity contribution in [1.82, 2.24) is 26.2 Å². The molecule has 1 fully saturated rings. The van der Waals surface area contributed by atoms with Crippen LogP contribution in [0.4, 0.5) is 0 Å². The van der Waals surface area contributed by atoms with E-state index in [2.05, 4.69) is 34.4 Å². The number of aliphatic imine (C=N–C) groups is 1. The predicted octanol–water partition coefficient (Wildman–Crippen LogP) is 2.89. The van der Waals surface area contributed by atoms with Gasteiger partial charge in [0.25, 0.3) is 0 Å². The molecule has 0 saturated carbocycles. The lowest BCUT2D eigenvalue weighted by molar-refractivity contribution is -0.155. The number of nitrogens with one attached hydrogen (secondary N) is 4. The van der Waals surface area contributed by atoms with Crippen molar-refractivity contribution in [2.24, 2.45) is 16.8 Å². The molecule has 4 bridgehead atoms. The van der Waals surface area contributed by atoms with E-state index in [0.717, 1.165) is 0 Å². The molecule has 0 aliphatic carbocycles. The van der Waals surface area contributed by atoms with Crippen molar-refractivity contribution in [1.29, 1.82) is 0 Å². The van der Waals surface area contributed by atoms with E-state index in [-0.39, 0.29) is 18.4 Å². The van der Waals surface area contributed by atoms with Crippen molar-refractivity contribution < 1.29 is 33.4 Å². The molecule has 0 spiro atoms. The number of hydrogen-bond donors (Lipinski definition) is 4. The first-order chi connectivity index (χ1) is 23.7. The van der Waals surface area contributed by atoms with Crippen molar-refractivity contribution in [2.75, 3.05) is 12.3 Å². The van der Waals surface area contributed by atoms with Gasteiger partial charge in [-0.3, -0.25) is 29.0 Å². The topological polar surface area (TPSA) is 168 Å². The van der Waals surface area contributed by atoms with Crippen LogP contribution in [0.5, 0.6) is 0 Å². The molecule has 13 nitrogen and oxygen atoms in total. The van der Waals surface area contributed by atoms with Gasteiger partial charge in [0.2, 0.25) is 29.5 Å². The Kier molecular flexibility index (Phi) is 14.5. The lowest BCUT2D eigenvalue weighted by Gasteiger charge is -2.42. The number of fused-ring (bicyclic) bond motifs is 3. The molecule has 0 aromatic heterocycles. The van der Waals surface area contributed by atoms with Gasteiger partial charge < -0.3 is 35.6 Å². The van der Waals surface area contributed by atoms with Crippen LogP contribution in [0.3, 0.4) is 0 Å². The minimum absolute atomic E-state index is 0.153. The third kappa shape index (κ3) is 11.1. The number of carbonyl (C=O) groups is 5. The fraction of sp³-hybridized carbons (Fsp3) is 0.730. The van der Waals surface area contributed by atoms with Gasteiger partial charge in [0.15, 0.2) is 0 Å². The number of rotatable bonds is 11. The summed E-state index contributed by atoms with van der Waals surface area (Å²) in [6.45, 7) is 26.2. The number of hydrogen-bond acceptors (Lipinski definition) is 9. The molecule has 51 heavy (non-hydrogen) atoms. The van der Waals surface area contributed by atoms with Crippen LogP contribution in [-0.2, 0) is 33.4 Å². The highest BCUT2D eigenvalue weighted by atomic mass is 32.2. The molecule has 1 saturated heterocycles. The normalized spacial score (nSPS) is 28.5. The molecular weight excluding hydrogens is 673 g/mol. The zero-order valence-corrected chi connectivity index (χ0v) is 32.9. The first kappa shape index (κ1) is 42.2. The van der Waals surface area contributed by atoms with E-state index in [9.17, 15) is 24.0 Å². The second kappa shape index (κ2) is 17.5. The highest BCUT2D eigenvalue weighted by molar-refractivity contribution is 8.14. The maximum atomic E-state index is 14.4. The van der Waals surface area contributed by atoms with Crippen molar-refractivity contribution in [3.63, 3.8) is 0 Å². The number of thioether (sulfide) groups is 1. The van der Waals surface area contributed by atoms with E-state index < -0.39 is 89.2 Å². The molecule has 286 valence electrons. The summed E-state index contributed by atoms with van der Waals surface area (Å²) in [5, 5.41) is 12.3. The van der Waals surface area contributed by atoms with Gasteiger partial charge in [-0.2, -0.15) is 0 Å². The Morgan fingerprint density at radius 2 is 1.39 bits per heavy atom. The SMILES string of the molecule is C=CC(C)(C)OC(C)C1NC(=O)C2CSC(=N2)C(CC(C)C)NC(=O)C(C(C)OC(C)(C)C=C)N2CCCC(NC(=O)C(C(C)C)NC1=O)C2=O. The van der Waals surface area contributed by atoms with Gasteiger partial charge in [-0.05, 0) is 72.6 Å². The van der Waals surface area contributed by atoms with Crippen LogP contribution in [0.25, 0.3) is 0 Å². The van der Waals surface area contributed by atoms with Crippen LogP contribution in [-0.4, -0.2) is 111 Å². The Balaban J connectivity index is 2.13. The molecule has 0 aromatic rings. The first-order valence-electron chi connectivity index (χ1n) is 18.1. The Morgan fingerprint density at radius 3 is 1.96 bits per heavy atom. The maximum Gasteiger partial charge on any atom is 0.246 e. The quantitative estimate of drug-likeness (QED) is 0.236. The molecule has 8 atom stereocenters. The van der Waals surface area contributed by atoms with Crippen LogP contribution in [0.15, 0.2) is 30.3 Å². The first-order valence-corrected chi connectivity index (χ1v) is 19.0. The number of amides is 5. The van der Waals surface area contributed by atoms with Crippen LogP contribution in [0, 0.1) is 11.8 Å². The minimum atomic E-state index is -1.19. The van der Waals surface area contributed by atoms with Gasteiger partial charge in [0, 0.05) is 12.3 Å².